The van der Waals surface area contributed by atoms with E-state index in [-0.39, 0.29) is 32.7 Å². The van der Waals surface area contributed by atoms with Gasteiger partial charge in [-0.3, -0.25) is 0 Å². The monoisotopic (exact) mass is 228 g/mol. The Hall–Kier alpha value is 0.214. The number of aliphatic hydroxyl groups is 1. The van der Waals surface area contributed by atoms with Crippen LogP contribution < -0.4 is 0 Å². The van der Waals surface area contributed by atoms with Crippen LogP contribution in [0.5, 0.6) is 0 Å². The first-order valence-corrected chi connectivity index (χ1v) is 3.33. The summed E-state index contributed by atoms with van der Waals surface area (Å²) in [5.41, 5.74) is 0. The van der Waals surface area contributed by atoms with Gasteiger partial charge in [0.2, 0.25) is 0 Å². The standard InChI is InChI=1S/C8H11O2.Y/c1-3-7(9)8-5-4-6(2)10-8;/h4-5,7,9H,2-3H2,1H3;/q-1;. The number of hydrogen-bond acceptors (Lipinski definition) is 2. The maximum atomic E-state index is 9.22. The fraction of sp³-hybridized carbons (Fsp3) is 0.375. The molecule has 0 aliphatic rings. The van der Waals surface area contributed by atoms with E-state index < -0.39 is 6.10 Å². The van der Waals surface area contributed by atoms with Crippen molar-refractivity contribution in [2.75, 3.05) is 0 Å². The molecule has 1 aromatic heterocycles. The van der Waals surface area contributed by atoms with Crippen LogP contribution in [0.15, 0.2) is 16.5 Å². The van der Waals surface area contributed by atoms with Crippen molar-refractivity contribution in [3.05, 3.63) is 30.6 Å². The van der Waals surface area contributed by atoms with Crippen molar-refractivity contribution >= 4 is 0 Å². The smallest absolute Gasteiger partial charge is 0.110 e. The molecule has 1 unspecified atom stereocenters. The Balaban J connectivity index is 0.000001000. The van der Waals surface area contributed by atoms with Gasteiger partial charge in [0.1, 0.15) is 11.9 Å². The van der Waals surface area contributed by atoms with Crippen LogP contribution in [-0.4, -0.2) is 5.11 Å². The van der Waals surface area contributed by atoms with E-state index in [1.54, 1.807) is 12.1 Å². The molecule has 1 heterocycles. The zero-order valence-corrected chi connectivity index (χ0v) is 9.42. The third-order valence-electron chi connectivity index (χ3n) is 1.40. The van der Waals surface area contributed by atoms with Gasteiger partial charge in [-0.2, -0.15) is 6.07 Å². The van der Waals surface area contributed by atoms with Gasteiger partial charge in [0, 0.05) is 32.7 Å². The van der Waals surface area contributed by atoms with E-state index in [1.165, 1.54) is 0 Å². The van der Waals surface area contributed by atoms with Crippen molar-refractivity contribution in [1.29, 1.82) is 0 Å². The molecular weight excluding hydrogens is 217 g/mol. The molecule has 0 aliphatic carbocycles. The van der Waals surface area contributed by atoms with Gasteiger partial charge in [-0.05, 0) is 12.2 Å². The van der Waals surface area contributed by atoms with Gasteiger partial charge in [0.15, 0.2) is 0 Å². The summed E-state index contributed by atoms with van der Waals surface area (Å²) in [7, 11) is 0. The topological polar surface area (TPSA) is 33.4 Å². The number of aliphatic hydroxyl groups excluding tert-OH is 1. The van der Waals surface area contributed by atoms with Gasteiger partial charge in [0.25, 0.3) is 0 Å². The van der Waals surface area contributed by atoms with E-state index in [1.807, 2.05) is 6.92 Å². The van der Waals surface area contributed by atoms with Crippen LogP contribution in [0.4, 0.5) is 0 Å². The molecule has 0 spiro atoms. The predicted molar refractivity (Wildman–Crippen MR) is 38.4 cm³/mol. The first-order valence-electron chi connectivity index (χ1n) is 3.33. The second-order valence-corrected chi connectivity index (χ2v) is 2.23. The van der Waals surface area contributed by atoms with E-state index in [0.29, 0.717) is 17.9 Å². The van der Waals surface area contributed by atoms with Crippen molar-refractivity contribution in [3.8, 4) is 0 Å². The molecule has 59 valence electrons. The molecule has 1 radical (unpaired) electrons. The quantitative estimate of drug-likeness (QED) is 0.784. The van der Waals surface area contributed by atoms with Crippen LogP contribution in [-0.2, 0) is 32.7 Å². The Morgan fingerprint density at radius 3 is 2.64 bits per heavy atom. The summed E-state index contributed by atoms with van der Waals surface area (Å²) in [6.07, 6.45) is 0.197. The van der Waals surface area contributed by atoms with Crippen LogP contribution in [0.3, 0.4) is 0 Å². The summed E-state index contributed by atoms with van der Waals surface area (Å²) in [5, 5.41) is 9.22. The molecule has 0 aliphatic heterocycles. The van der Waals surface area contributed by atoms with Gasteiger partial charge in [-0.25, -0.2) is 6.92 Å². The summed E-state index contributed by atoms with van der Waals surface area (Å²) in [4.78, 5) is 0. The van der Waals surface area contributed by atoms with Gasteiger partial charge < -0.3 is 9.52 Å². The first-order chi connectivity index (χ1) is 4.74. The van der Waals surface area contributed by atoms with E-state index >= 15 is 0 Å². The molecule has 2 nitrogen and oxygen atoms in total. The van der Waals surface area contributed by atoms with Crippen molar-refractivity contribution in [2.24, 2.45) is 0 Å². The zero-order chi connectivity index (χ0) is 7.56. The normalized spacial score (nSPS) is 12.2. The first kappa shape index (κ1) is 11.2. The minimum absolute atomic E-state index is 0. The van der Waals surface area contributed by atoms with Crippen LogP contribution in [0.1, 0.15) is 31.0 Å². The summed E-state index contributed by atoms with van der Waals surface area (Å²) in [5.74, 6) is 1.20. The predicted octanol–water partition coefficient (Wildman–Crippen LogP) is 1.90. The van der Waals surface area contributed by atoms with E-state index in [2.05, 4.69) is 6.92 Å². The Kier molecular flexibility index (Phi) is 5.06. The van der Waals surface area contributed by atoms with E-state index in [9.17, 15) is 5.11 Å². The third-order valence-corrected chi connectivity index (χ3v) is 1.40. The molecule has 1 N–H and O–H groups in total. The molecule has 1 atom stereocenters. The van der Waals surface area contributed by atoms with Crippen LogP contribution >= 0.6 is 0 Å². The maximum absolute atomic E-state index is 9.22. The average Bonchev–Trinajstić information content (AvgIpc) is 2.34. The summed E-state index contributed by atoms with van der Waals surface area (Å²) in [6, 6.07) is 3.49. The van der Waals surface area contributed by atoms with Crippen molar-refractivity contribution in [1.82, 2.24) is 0 Å². The molecular formula is C8H11O2Y-. The number of furan rings is 1. The molecule has 0 bridgehead atoms. The Morgan fingerprint density at radius 1 is 1.64 bits per heavy atom. The summed E-state index contributed by atoms with van der Waals surface area (Å²) < 4.78 is 5.08. The molecule has 0 saturated heterocycles. The number of hydrogen-bond donors (Lipinski definition) is 1. The van der Waals surface area contributed by atoms with Crippen LogP contribution in [0.2, 0.25) is 0 Å². The van der Waals surface area contributed by atoms with Gasteiger partial charge >= 0.3 is 0 Å². The Bertz CT molecular complexity index is 208. The maximum Gasteiger partial charge on any atom is 0.110 e. The molecule has 1 aromatic rings. The second-order valence-electron chi connectivity index (χ2n) is 2.23. The van der Waals surface area contributed by atoms with Gasteiger partial charge in [-0.1, -0.05) is 13.0 Å². The van der Waals surface area contributed by atoms with Crippen molar-refractivity contribution in [2.45, 2.75) is 19.4 Å². The van der Waals surface area contributed by atoms with Crippen molar-refractivity contribution in [3.63, 3.8) is 0 Å². The molecule has 0 aromatic carbocycles. The number of rotatable bonds is 2. The van der Waals surface area contributed by atoms with Gasteiger partial charge in [-0.15, -0.1) is 0 Å². The van der Waals surface area contributed by atoms with E-state index in [0.717, 1.165) is 0 Å². The fourth-order valence-electron chi connectivity index (χ4n) is 0.775. The largest absolute Gasteiger partial charge is 0.498 e. The minimum Gasteiger partial charge on any atom is -0.498 e. The summed E-state index contributed by atoms with van der Waals surface area (Å²) >= 11 is 0. The third kappa shape index (κ3) is 2.98. The SMILES string of the molecule is [CH2-]c1ccc(C(O)CC)o1.[Y]. The Morgan fingerprint density at radius 2 is 2.27 bits per heavy atom. The zero-order valence-electron chi connectivity index (χ0n) is 6.58. The van der Waals surface area contributed by atoms with Crippen molar-refractivity contribution < 1.29 is 42.2 Å². The average molecular weight is 228 g/mol. The fourth-order valence-corrected chi connectivity index (χ4v) is 0.775. The second kappa shape index (κ2) is 4.97. The molecule has 0 amide bonds. The molecule has 11 heavy (non-hydrogen) atoms. The Labute approximate surface area is 91.9 Å². The van der Waals surface area contributed by atoms with Crippen LogP contribution in [0, 0.1) is 6.92 Å². The summed E-state index contributed by atoms with van der Waals surface area (Å²) in [6.45, 7) is 5.48. The molecule has 3 heteroatoms. The van der Waals surface area contributed by atoms with Crippen LogP contribution in [0.25, 0.3) is 0 Å². The molecule has 1 rings (SSSR count). The van der Waals surface area contributed by atoms with E-state index in [4.69, 9.17) is 4.42 Å². The van der Waals surface area contributed by atoms with Gasteiger partial charge in [0.05, 0.1) is 0 Å². The molecule has 0 saturated carbocycles. The minimum atomic E-state index is -0.476. The molecule has 0 fully saturated rings.